The Hall–Kier alpha value is -1.46. The van der Waals surface area contributed by atoms with Gasteiger partial charge in [0.1, 0.15) is 5.82 Å². The van der Waals surface area contributed by atoms with Crippen LogP contribution < -0.4 is 5.32 Å². The van der Waals surface area contributed by atoms with Gasteiger partial charge in [0.25, 0.3) is 0 Å². The summed E-state index contributed by atoms with van der Waals surface area (Å²) in [5.41, 5.74) is 1.13. The zero-order valence-electron chi connectivity index (χ0n) is 11.2. The molecule has 0 radical (unpaired) electrons. The second-order valence-electron chi connectivity index (χ2n) is 4.56. The molecule has 5 heteroatoms. The molecule has 0 fully saturated rings. The van der Waals surface area contributed by atoms with Crippen molar-refractivity contribution < 1.29 is 5.11 Å². The fourth-order valence-corrected chi connectivity index (χ4v) is 2.53. The highest BCUT2D eigenvalue weighted by molar-refractivity contribution is 7.09. The first-order valence-corrected chi connectivity index (χ1v) is 7.27. The second-order valence-corrected chi connectivity index (χ2v) is 5.31. The van der Waals surface area contributed by atoms with E-state index in [9.17, 15) is 5.11 Å². The third kappa shape index (κ3) is 4.01. The van der Waals surface area contributed by atoms with Gasteiger partial charge in [0.15, 0.2) is 0 Å². The van der Waals surface area contributed by atoms with E-state index < -0.39 is 6.10 Å². The highest BCUT2D eigenvalue weighted by Crippen LogP contribution is 2.15. The molecular formula is C14H19N3OS. The van der Waals surface area contributed by atoms with Crippen molar-refractivity contribution in [1.82, 2.24) is 9.36 Å². The van der Waals surface area contributed by atoms with Crippen molar-refractivity contribution in [3.8, 4) is 0 Å². The van der Waals surface area contributed by atoms with Gasteiger partial charge in [-0.15, -0.1) is 0 Å². The number of benzene rings is 1. The molecule has 1 aromatic carbocycles. The fourth-order valence-electron chi connectivity index (χ4n) is 1.78. The topological polar surface area (TPSA) is 58.0 Å². The average molecular weight is 277 g/mol. The number of aryl methyl sites for hydroxylation is 1. The molecule has 0 saturated carbocycles. The molecule has 0 aliphatic heterocycles. The van der Waals surface area contributed by atoms with Gasteiger partial charge in [-0.25, -0.2) is 4.98 Å². The molecule has 0 aliphatic carbocycles. The monoisotopic (exact) mass is 277 g/mol. The predicted molar refractivity (Wildman–Crippen MR) is 78.5 cm³/mol. The lowest BCUT2D eigenvalue weighted by Crippen LogP contribution is -2.32. The number of nitrogens with zero attached hydrogens (tertiary/aromatic N) is 2. The van der Waals surface area contributed by atoms with E-state index >= 15 is 0 Å². The van der Waals surface area contributed by atoms with Crippen LogP contribution in [0, 0.1) is 0 Å². The van der Waals surface area contributed by atoms with Crippen LogP contribution >= 0.6 is 11.5 Å². The van der Waals surface area contributed by atoms with Gasteiger partial charge >= 0.3 is 0 Å². The Labute approximate surface area is 117 Å². The third-order valence-electron chi connectivity index (χ3n) is 3.00. The van der Waals surface area contributed by atoms with Gasteiger partial charge in [0, 0.05) is 24.4 Å². The van der Waals surface area contributed by atoms with E-state index in [0.717, 1.165) is 22.9 Å². The molecule has 0 aliphatic rings. The summed E-state index contributed by atoms with van der Waals surface area (Å²) in [6, 6.07) is 9.94. The molecule has 0 bridgehead atoms. The summed E-state index contributed by atoms with van der Waals surface area (Å²) >= 11 is 1.34. The smallest absolute Gasteiger partial charge is 0.202 e. The van der Waals surface area contributed by atoms with E-state index in [0.29, 0.717) is 6.42 Å². The summed E-state index contributed by atoms with van der Waals surface area (Å²) in [6.45, 7) is 3.99. The standard InChI is InChI=1S/C14H19N3OS/c1-3-13-16-14(19-17-13)15-10(2)12(18)9-11-7-5-4-6-8-11/h4-8,10,12,18H,3,9H2,1-2H3,(H,15,16,17). The maximum absolute atomic E-state index is 10.2. The minimum Gasteiger partial charge on any atom is -0.391 e. The summed E-state index contributed by atoms with van der Waals surface area (Å²) in [5, 5.41) is 14.2. The van der Waals surface area contributed by atoms with Gasteiger partial charge in [0.05, 0.1) is 12.1 Å². The van der Waals surface area contributed by atoms with Crippen LogP contribution in [-0.2, 0) is 12.8 Å². The number of hydrogen-bond acceptors (Lipinski definition) is 5. The maximum Gasteiger partial charge on any atom is 0.202 e. The number of rotatable bonds is 6. The zero-order valence-corrected chi connectivity index (χ0v) is 12.0. The summed E-state index contributed by atoms with van der Waals surface area (Å²) in [4.78, 5) is 4.34. The first-order chi connectivity index (χ1) is 9.19. The van der Waals surface area contributed by atoms with E-state index in [1.165, 1.54) is 11.5 Å². The predicted octanol–water partition coefficient (Wildman–Crippen LogP) is 2.50. The van der Waals surface area contributed by atoms with Gasteiger partial charge in [0.2, 0.25) is 5.13 Å². The maximum atomic E-state index is 10.2. The van der Waals surface area contributed by atoms with E-state index in [-0.39, 0.29) is 6.04 Å². The number of aromatic nitrogens is 2. The van der Waals surface area contributed by atoms with Crippen molar-refractivity contribution in [3.05, 3.63) is 41.7 Å². The van der Waals surface area contributed by atoms with Crippen molar-refractivity contribution >= 4 is 16.7 Å². The Kier molecular flexibility index (Phi) is 4.87. The van der Waals surface area contributed by atoms with E-state index in [1.807, 2.05) is 44.2 Å². The number of nitrogens with one attached hydrogen (secondary N) is 1. The van der Waals surface area contributed by atoms with Crippen LogP contribution in [0.4, 0.5) is 5.13 Å². The van der Waals surface area contributed by atoms with Gasteiger partial charge in [-0.05, 0) is 12.5 Å². The molecule has 19 heavy (non-hydrogen) atoms. The molecule has 1 heterocycles. The molecule has 102 valence electrons. The van der Waals surface area contributed by atoms with Crippen molar-refractivity contribution in [2.24, 2.45) is 0 Å². The molecule has 0 spiro atoms. The number of hydrogen-bond donors (Lipinski definition) is 2. The Morgan fingerprint density at radius 3 is 2.68 bits per heavy atom. The Balaban J connectivity index is 1.90. The third-order valence-corrected chi connectivity index (χ3v) is 3.68. The fraction of sp³-hybridized carbons (Fsp3) is 0.429. The molecule has 0 saturated heterocycles. The lowest BCUT2D eigenvalue weighted by atomic mass is 10.0. The van der Waals surface area contributed by atoms with E-state index in [1.54, 1.807) is 0 Å². The molecule has 2 atom stereocenters. The van der Waals surface area contributed by atoms with Crippen molar-refractivity contribution in [2.45, 2.75) is 38.8 Å². The molecule has 4 nitrogen and oxygen atoms in total. The average Bonchev–Trinajstić information content (AvgIpc) is 2.87. The zero-order chi connectivity index (χ0) is 13.7. The first-order valence-electron chi connectivity index (χ1n) is 6.50. The number of aliphatic hydroxyl groups is 1. The molecule has 1 aromatic heterocycles. The molecule has 2 aromatic rings. The van der Waals surface area contributed by atoms with Crippen molar-refractivity contribution in [2.75, 3.05) is 5.32 Å². The Bertz CT molecular complexity index is 500. The van der Waals surface area contributed by atoms with Gasteiger partial charge in [-0.2, -0.15) is 4.37 Å². The lowest BCUT2D eigenvalue weighted by Gasteiger charge is -2.19. The normalized spacial score (nSPS) is 14.1. The van der Waals surface area contributed by atoms with Gasteiger partial charge in [-0.1, -0.05) is 37.3 Å². The van der Waals surface area contributed by atoms with Crippen molar-refractivity contribution in [1.29, 1.82) is 0 Å². The highest BCUT2D eigenvalue weighted by atomic mass is 32.1. The summed E-state index contributed by atoms with van der Waals surface area (Å²) < 4.78 is 4.22. The van der Waals surface area contributed by atoms with E-state index in [4.69, 9.17) is 0 Å². The number of aliphatic hydroxyl groups excluding tert-OH is 1. The van der Waals surface area contributed by atoms with Crippen LogP contribution in [-0.4, -0.2) is 26.6 Å². The minimum absolute atomic E-state index is 0.0575. The Morgan fingerprint density at radius 2 is 2.05 bits per heavy atom. The van der Waals surface area contributed by atoms with Crippen LogP contribution in [0.25, 0.3) is 0 Å². The highest BCUT2D eigenvalue weighted by Gasteiger charge is 2.16. The molecule has 2 unspecified atom stereocenters. The number of anilines is 1. The van der Waals surface area contributed by atoms with Gasteiger partial charge in [-0.3, -0.25) is 0 Å². The quantitative estimate of drug-likeness (QED) is 0.852. The summed E-state index contributed by atoms with van der Waals surface area (Å²) in [7, 11) is 0. The molecule has 2 N–H and O–H groups in total. The van der Waals surface area contributed by atoms with Crippen LogP contribution in [0.3, 0.4) is 0 Å². The molecular weight excluding hydrogens is 258 g/mol. The van der Waals surface area contributed by atoms with E-state index in [2.05, 4.69) is 14.7 Å². The molecule has 2 rings (SSSR count). The van der Waals surface area contributed by atoms with Crippen LogP contribution in [0.2, 0.25) is 0 Å². The van der Waals surface area contributed by atoms with Crippen LogP contribution in [0.1, 0.15) is 25.2 Å². The van der Waals surface area contributed by atoms with Gasteiger partial charge < -0.3 is 10.4 Å². The largest absolute Gasteiger partial charge is 0.391 e. The Morgan fingerprint density at radius 1 is 1.32 bits per heavy atom. The lowest BCUT2D eigenvalue weighted by molar-refractivity contribution is 0.158. The summed E-state index contributed by atoms with van der Waals surface area (Å²) in [5.74, 6) is 0.845. The minimum atomic E-state index is -0.448. The summed E-state index contributed by atoms with van der Waals surface area (Å²) in [6.07, 6.45) is 1.02. The van der Waals surface area contributed by atoms with Crippen LogP contribution in [0.5, 0.6) is 0 Å². The van der Waals surface area contributed by atoms with Crippen molar-refractivity contribution in [3.63, 3.8) is 0 Å². The van der Waals surface area contributed by atoms with Crippen LogP contribution in [0.15, 0.2) is 30.3 Å². The second kappa shape index (κ2) is 6.63. The SMILES string of the molecule is CCc1nsc(NC(C)C(O)Cc2ccccc2)n1. The first kappa shape index (κ1) is 14.0. The molecule has 0 amide bonds.